The fraction of sp³-hybridized carbons (Fsp3) is 0.471. The SMILES string of the molecule is CCC1CC(C(=O)Nc2cccc(-c3ncn(C)n3)c2)CCO1. The molecule has 2 aromatic rings. The number of amides is 1. The van der Waals surface area contributed by atoms with Crippen LogP contribution < -0.4 is 5.32 Å². The van der Waals surface area contributed by atoms with Crippen LogP contribution >= 0.6 is 0 Å². The maximum Gasteiger partial charge on any atom is 0.227 e. The summed E-state index contributed by atoms with van der Waals surface area (Å²) in [7, 11) is 1.83. The lowest BCUT2D eigenvalue weighted by Gasteiger charge is -2.28. The average molecular weight is 314 g/mol. The van der Waals surface area contributed by atoms with Crippen LogP contribution in [0.15, 0.2) is 30.6 Å². The van der Waals surface area contributed by atoms with Crippen molar-refractivity contribution < 1.29 is 9.53 Å². The van der Waals surface area contributed by atoms with Gasteiger partial charge in [-0.2, -0.15) is 5.10 Å². The van der Waals surface area contributed by atoms with Gasteiger partial charge in [0.1, 0.15) is 6.33 Å². The average Bonchev–Trinajstić information content (AvgIpc) is 3.02. The van der Waals surface area contributed by atoms with Crippen molar-refractivity contribution >= 4 is 11.6 Å². The van der Waals surface area contributed by atoms with Crippen LogP contribution in [0.2, 0.25) is 0 Å². The van der Waals surface area contributed by atoms with E-state index in [1.165, 1.54) is 0 Å². The Morgan fingerprint density at radius 2 is 2.35 bits per heavy atom. The molecule has 1 aromatic heterocycles. The van der Waals surface area contributed by atoms with Gasteiger partial charge in [-0.25, -0.2) is 4.98 Å². The molecule has 2 heterocycles. The van der Waals surface area contributed by atoms with Crippen LogP contribution in [-0.2, 0) is 16.6 Å². The Balaban J connectivity index is 1.69. The Kier molecular flexibility index (Phi) is 4.71. The van der Waals surface area contributed by atoms with E-state index in [0.717, 1.165) is 30.5 Å². The van der Waals surface area contributed by atoms with Gasteiger partial charge in [0, 0.05) is 30.8 Å². The zero-order valence-corrected chi connectivity index (χ0v) is 13.5. The minimum Gasteiger partial charge on any atom is -0.378 e. The first-order valence-electron chi connectivity index (χ1n) is 8.04. The van der Waals surface area contributed by atoms with Crippen molar-refractivity contribution in [2.75, 3.05) is 11.9 Å². The summed E-state index contributed by atoms with van der Waals surface area (Å²) in [5.41, 5.74) is 1.67. The number of ether oxygens (including phenoxy) is 1. The highest BCUT2D eigenvalue weighted by molar-refractivity contribution is 5.93. The fourth-order valence-electron chi connectivity index (χ4n) is 2.85. The third-order valence-electron chi connectivity index (χ3n) is 4.18. The van der Waals surface area contributed by atoms with Crippen LogP contribution in [0.5, 0.6) is 0 Å². The first-order valence-corrected chi connectivity index (χ1v) is 8.04. The summed E-state index contributed by atoms with van der Waals surface area (Å²) in [5.74, 6) is 0.740. The van der Waals surface area contributed by atoms with Gasteiger partial charge in [0.15, 0.2) is 5.82 Å². The summed E-state index contributed by atoms with van der Waals surface area (Å²) in [6, 6.07) is 7.64. The van der Waals surface area contributed by atoms with Gasteiger partial charge in [0.05, 0.1) is 6.10 Å². The second-order valence-electron chi connectivity index (χ2n) is 5.93. The van der Waals surface area contributed by atoms with E-state index in [9.17, 15) is 4.79 Å². The molecule has 3 rings (SSSR count). The summed E-state index contributed by atoms with van der Waals surface area (Å²) >= 11 is 0. The number of hydrogen-bond acceptors (Lipinski definition) is 4. The number of carbonyl (C=O) groups excluding carboxylic acids is 1. The molecule has 1 N–H and O–H groups in total. The largest absolute Gasteiger partial charge is 0.378 e. The van der Waals surface area contributed by atoms with Crippen LogP contribution in [0.4, 0.5) is 5.69 Å². The highest BCUT2D eigenvalue weighted by Gasteiger charge is 2.27. The lowest BCUT2D eigenvalue weighted by atomic mass is 9.93. The predicted octanol–water partition coefficient (Wildman–Crippen LogP) is 2.63. The minimum absolute atomic E-state index is 0.0188. The fourth-order valence-corrected chi connectivity index (χ4v) is 2.85. The second kappa shape index (κ2) is 6.91. The zero-order chi connectivity index (χ0) is 16.2. The number of aromatic nitrogens is 3. The summed E-state index contributed by atoms with van der Waals surface area (Å²) < 4.78 is 7.30. The van der Waals surface area contributed by atoms with Crippen molar-refractivity contribution in [2.24, 2.45) is 13.0 Å². The summed E-state index contributed by atoms with van der Waals surface area (Å²) in [6.07, 6.45) is 4.38. The topological polar surface area (TPSA) is 69.0 Å². The molecule has 0 saturated carbocycles. The Hall–Kier alpha value is -2.21. The lowest BCUT2D eigenvalue weighted by molar-refractivity contribution is -0.124. The summed E-state index contributed by atoms with van der Waals surface area (Å²) in [4.78, 5) is 16.7. The Morgan fingerprint density at radius 1 is 1.48 bits per heavy atom. The number of anilines is 1. The predicted molar refractivity (Wildman–Crippen MR) is 87.8 cm³/mol. The van der Waals surface area contributed by atoms with Gasteiger partial charge in [-0.1, -0.05) is 19.1 Å². The molecule has 0 radical (unpaired) electrons. The highest BCUT2D eigenvalue weighted by atomic mass is 16.5. The van der Waals surface area contributed by atoms with E-state index in [2.05, 4.69) is 22.3 Å². The summed E-state index contributed by atoms with van der Waals surface area (Å²) in [5, 5.41) is 7.30. The molecule has 0 aliphatic carbocycles. The van der Waals surface area contributed by atoms with Crippen molar-refractivity contribution in [2.45, 2.75) is 32.3 Å². The summed E-state index contributed by atoms with van der Waals surface area (Å²) in [6.45, 7) is 2.75. The Bertz CT molecular complexity index is 683. The molecule has 0 spiro atoms. The van der Waals surface area contributed by atoms with Crippen LogP contribution in [0.25, 0.3) is 11.4 Å². The van der Waals surface area contributed by atoms with E-state index in [1.54, 1.807) is 11.0 Å². The molecule has 1 aliphatic rings. The number of nitrogens with one attached hydrogen (secondary N) is 1. The first kappa shape index (κ1) is 15.7. The molecule has 2 atom stereocenters. The number of rotatable bonds is 4. The number of benzene rings is 1. The van der Waals surface area contributed by atoms with E-state index >= 15 is 0 Å². The number of nitrogens with zero attached hydrogens (tertiary/aromatic N) is 3. The number of carbonyl (C=O) groups is 1. The highest BCUT2D eigenvalue weighted by Crippen LogP contribution is 2.25. The van der Waals surface area contributed by atoms with Gasteiger partial charge in [-0.3, -0.25) is 9.48 Å². The van der Waals surface area contributed by atoms with Gasteiger partial charge in [-0.15, -0.1) is 0 Å². The van der Waals surface area contributed by atoms with E-state index in [4.69, 9.17) is 4.74 Å². The van der Waals surface area contributed by atoms with Gasteiger partial charge in [-0.05, 0) is 31.4 Å². The molecule has 1 aromatic carbocycles. The molecule has 23 heavy (non-hydrogen) atoms. The molecule has 1 saturated heterocycles. The normalized spacial score (nSPS) is 21.1. The molecule has 6 heteroatoms. The molecular formula is C17H22N4O2. The van der Waals surface area contributed by atoms with E-state index < -0.39 is 0 Å². The second-order valence-corrected chi connectivity index (χ2v) is 5.93. The zero-order valence-electron chi connectivity index (χ0n) is 13.5. The van der Waals surface area contributed by atoms with Gasteiger partial charge < -0.3 is 10.1 Å². The van der Waals surface area contributed by atoms with Crippen molar-refractivity contribution in [3.63, 3.8) is 0 Å². The number of hydrogen-bond donors (Lipinski definition) is 1. The molecule has 0 bridgehead atoms. The smallest absolute Gasteiger partial charge is 0.227 e. The molecule has 6 nitrogen and oxygen atoms in total. The molecule has 1 amide bonds. The van der Waals surface area contributed by atoms with Crippen molar-refractivity contribution in [3.05, 3.63) is 30.6 Å². The molecule has 2 unspecified atom stereocenters. The van der Waals surface area contributed by atoms with Crippen LogP contribution in [0, 0.1) is 5.92 Å². The van der Waals surface area contributed by atoms with Crippen LogP contribution in [0.1, 0.15) is 26.2 Å². The Morgan fingerprint density at radius 3 is 3.09 bits per heavy atom. The van der Waals surface area contributed by atoms with E-state index in [1.807, 2.05) is 31.3 Å². The van der Waals surface area contributed by atoms with Gasteiger partial charge >= 0.3 is 0 Å². The molecule has 1 fully saturated rings. The third kappa shape index (κ3) is 3.76. The standard InChI is InChI=1S/C17H22N4O2/c1-3-15-10-13(7-8-23-15)17(22)19-14-6-4-5-12(9-14)16-18-11-21(2)20-16/h4-6,9,11,13,15H,3,7-8,10H2,1-2H3,(H,19,22). The van der Waals surface area contributed by atoms with Crippen molar-refractivity contribution in [3.8, 4) is 11.4 Å². The van der Waals surface area contributed by atoms with Crippen molar-refractivity contribution in [1.82, 2.24) is 14.8 Å². The van der Waals surface area contributed by atoms with E-state index in [0.29, 0.717) is 12.4 Å². The molecule has 122 valence electrons. The third-order valence-corrected chi connectivity index (χ3v) is 4.18. The van der Waals surface area contributed by atoms with Gasteiger partial charge in [0.25, 0.3) is 0 Å². The number of aryl methyl sites for hydroxylation is 1. The van der Waals surface area contributed by atoms with Crippen molar-refractivity contribution in [1.29, 1.82) is 0 Å². The Labute approximate surface area is 135 Å². The van der Waals surface area contributed by atoms with E-state index in [-0.39, 0.29) is 17.9 Å². The molecular weight excluding hydrogens is 292 g/mol. The first-order chi connectivity index (χ1) is 11.2. The van der Waals surface area contributed by atoms with Crippen LogP contribution in [0.3, 0.4) is 0 Å². The van der Waals surface area contributed by atoms with Gasteiger partial charge in [0.2, 0.25) is 5.91 Å². The monoisotopic (exact) mass is 314 g/mol. The maximum absolute atomic E-state index is 12.5. The quantitative estimate of drug-likeness (QED) is 0.942. The maximum atomic E-state index is 12.5. The van der Waals surface area contributed by atoms with Crippen LogP contribution in [-0.4, -0.2) is 33.4 Å². The molecule has 1 aliphatic heterocycles. The lowest BCUT2D eigenvalue weighted by Crippen LogP contribution is -2.33. The minimum atomic E-state index is 0.0188.